The molecular formula is C56H77N7O2. The van der Waals surface area contributed by atoms with Crippen LogP contribution in [0.5, 0.6) is 0 Å². The van der Waals surface area contributed by atoms with Crippen LogP contribution < -0.4 is 11.1 Å². The topological polar surface area (TPSA) is 93.3 Å². The van der Waals surface area contributed by atoms with E-state index in [-0.39, 0.29) is 0 Å². The Bertz CT molecular complexity index is 2140. The van der Waals surface area contributed by atoms with Crippen LogP contribution in [0.1, 0.15) is 81.3 Å². The Morgan fingerprint density at radius 3 is 1.60 bits per heavy atom. The first-order valence-corrected chi connectivity index (χ1v) is 25.1. The second kappa shape index (κ2) is 24.2. The van der Waals surface area contributed by atoms with E-state index >= 15 is 0 Å². The van der Waals surface area contributed by atoms with E-state index in [2.05, 4.69) is 117 Å². The van der Waals surface area contributed by atoms with Crippen LogP contribution in [0.4, 0.5) is 0 Å². The number of hydrogen-bond acceptors (Lipinski definition) is 9. The highest BCUT2D eigenvalue weighted by Crippen LogP contribution is 2.35. The molecule has 4 aromatic rings. The summed E-state index contributed by atoms with van der Waals surface area (Å²) in [7, 11) is 0. The van der Waals surface area contributed by atoms with Gasteiger partial charge in [-0.1, -0.05) is 78.9 Å². The van der Waals surface area contributed by atoms with Crippen LogP contribution in [0.2, 0.25) is 0 Å². The van der Waals surface area contributed by atoms with Gasteiger partial charge in [0.1, 0.15) is 0 Å². The lowest BCUT2D eigenvalue weighted by molar-refractivity contribution is 0.0384. The molecule has 4 bridgehead atoms. The maximum Gasteiger partial charge on any atom is 0.0994 e. The van der Waals surface area contributed by atoms with Crippen molar-refractivity contribution in [3.8, 4) is 6.07 Å². The Hall–Kier alpha value is -3.95. The highest BCUT2D eigenvalue weighted by Gasteiger charge is 2.33. The van der Waals surface area contributed by atoms with Gasteiger partial charge in [0, 0.05) is 97.2 Å². The molecule has 0 spiro atoms. The number of benzene rings is 4. The minimum absolute atomic E-state index is 0.652. The van der Waals surface area contributed by atoms with E-state index < -0.39 is 0 Å². The molecule has 0 saturated carbocycles. The average molecular weight is 880 g/mol. The number of nitriles is 1. The fourth-order valence-electron chi connectivity index (χ4n) is 11.4. The first-order chi connectivity index (χ1) is 31.9. The quantitative estimate of drug-likeness (QED) is 0.151. The highest BCUT2D eigenvalue weighted by atomic mass is 16.5. The highest BCUT2D eigenvalue weighted by molar-refractivity contribution is 5.39. The molecule has 348 valence electrons. The lowest BCUT2D eigenvalue weighted by atomic mass is 9.80. The van der Waals surface area contributed by atoms with Gasteiger partial charge in [0.05, 0.1) is 38.1 Å². The number of piperidine rings is 2. The standard InChI is InChI=1S/C28H39N3O.C22H24N2.C6H14N2O/c1-22-16-23(6-8-27(22)19-29-10-11-30-12-14-32-15-13-30)20-31-21-24-7-9-28(31)18-26-5-3-2-4-25(26)17-24;1-16-10-17(6-8-21(16)13-23)14-24-15-18-7-9-22(24)12-20-5-3-2-4-19(20)11-18;7-1-2-8-3-5-9-6-4-8/h2-6,8,16,24,28-29H,7,9-15,17-21H2,1H3;2-6,8,10,18,22H,7,9,11-12,14-15H2,1H3;1-7H2. The van der Waals surface area contributed by atoms with Crippen LogP contribution >= 0.6 is 0 Å². The number of hydrogen-bond donors (Lipinski definition) is 2. The molecule has 6 heterocycles. The van der Waals surface area contributed by atoms with Crippen molar-refractivity contribution in [2.24, 2.45) is 17.6 Å². The van der Waals surface area contributed by atoms with Crippen LogP contribution in [0, 0.1) is 37.0 Å². The number of fused-ring (bicyclic) bond motifs is 4. The second-order valence-corrected chi connectivity index (χ2v) is 19.8. The molecule has 4 fully saturated rings. The molecule has 9 heteroatoms. The number of nitrogens with two attached hydrogens (primary N) is 1. The Balaban J connectivity index is 0.000000153. The zero-order valence-electron chi connectivity index (χ0n) is 39.7. The predicted molar refractivity (Wildman–Crippen MR) is 264 cm³/mol. The maximum atomic E-state index is 9.12. The van der Waals surface area contributed by atoms with E-state index in [1.54, 1.807) is 22.3 Å². The van der Waals surface area contributed by atoms with E-state index in [9.17, 15) is 0 Å². The van der Waals surface area contributed by atoms with Crippen molar-refractivity contribution in [1.29, 1.82) is 5.26 Å². The number of morpholine rings is 2. The SMILES string of the molecule is Cc1cc(CN2CC3CCC2Cc2ccccc2C3)ccc1C#N.Cc1cc(CN2CC3CCC2Cc2ccccc2C3)ccc1CNCCN1CCOCC1.NCCN1CCOCC1. The fraction of sp³-hybridized carbons (Fsp3) is 0.554. The monoisotopic (exact) mass is 880 g/mol. The summed E-state index contributed by atoms with van der Waals surface area (Å²) in [6, 6.07) is 35.2. The van der Waals surface area contributed by atoms with E-state index in [0.717, 1.165) is 121 Å². The molecule has 4 unspecified atom stereocenters. The molecule has 2 aliphatic carbocycles. The predicted octanol–water partition coefficient (Wildman–Crippen LogP) is 7.32. The molecule has 4 atom stereocenters. The van der Waals surface area contributed by atoms with Crippen molar-refractivity contribution in [2.75, 3.05) is 91.9 Å². The molecule has 4 saturated heterocycles. The van der Waals surface area contributed by atoms with Gasteiger partial charge in [-0.05, 0) is 133 Å². The summed E-state index contributed by atoms with van der Waals surface area (Å²) in [4.78, 5) is 10.3. The van der Waals surface area contributed by atoms with Gasteiger partial charge in [-0.25, -0.2) is 0 Å². The summed E-state index contributed by atoms with van der Waals surface area (Å²) in [5.74, 6) is 1.59. The number of nitrogens with one attached hydrogen (secondary N) is 1. The van der Waals surface area contributed by atoms with Crippen LogP contribution in [0.15, 0.2) is 84.9 Å². The van der Waals surface area contributed by atoms with Gasteiger partial charge in [0.25, 0.3) is 0 Å². The van der Waals surface area contributed by atoms with Crippen LogP contribution in [-0.4, -0.2) is 124 Å². The second-order valence-electron chi connectivity index (χ2n) is 19.8. The summed E-state index contributed by atoms with van der Waals surface area (Å²) < 4.78 is 10.6. The fourth-order valence-corrected chi connectivity index (χ4v) is 11.4. The van der Waals surface area contributed by atoms with Crippen molar-refractivity contribution < 1.29 is 9.47 Å². The van der Waals surface area contributed by atoms with Crippen molar-refractivity contribution in [1.82, 2.24) is 24.9 Å². The Labute approximate surface area is 391 Å². The van der Waals surface area contributed by atoms with Crippen LogP contribution in [-0.2, 0) is 54.8 Å². The Kier molecular flexibility index (Phi) is 17.7. The van der Waals surface area contributed by atoms with E-state index in [4.69, 9.17) is 20.5 Å². The first kappa shape index (κ1) is 47.5. The number of nitrogens with zero attached hydrogens (tertiary/aromatic N) is 5. The van der Waals surface area contributed by atoms with E-state index in [0.29, 0.717) is 12.1 Å². The van der Waals surface area contributed by atoms with Crippen molar-refractivity contribution in [3.05, 3.63) is 141 Å². The van der Waals surface area contributed by atoms with Gasteiger partial charge in [0.15, 0.2) is 0 Å². The van der Waals surface area contributed by atoms with Crippen LogP contribution in [0.3, 0.4) is 0 Å². The molecule has 0 amide bonds. The third-order valence-electron chi connectivity index (χ3n) is 15.2. The molecule has 65 heavy (non-hydrogen) atoms. The molecule has 4 aromatic carbocycles. The van der Waals surface area contributed by atoms with Gasteiger partial charge in [-0.2, -0.15) is 5.26 Å². The van der Waals surface area contributed by atoms with E-state index in [1.165, 1.54) is 86.7 Å². The summed E-state index contributed by atoms with van der Waals surface area (Å²) in [5, 5.41) is 12.8. The number of aryl methyl sites for hydroxylation is 2. The maximum absolute atomic E-state index is 9.12. The Morgan fingerprint density at radius 1 is 0.615 bits per heavy atom. The first-order valence-electron chi connectivity index (χ1n) is 25.1. The van der Waals surface area contributed by atoms with Gasteiger partial charge in [0.2, 0.25) is 0 Å². The molecular weight excluding hydrogens is 803 g/mol. The summed E-state index contributed by atoms with van der Waals surface area (Å²) in [6.45, 7) is 21.5. The number of rotatable bonds is 11. The van der Waals surface area contributed by atoms with Crippen molar-refractivity contribution in [2.45, 2.75) is 96.9 Å². The summed E-state index contributed by atoms with van der Waals surface area (Å²) >= 11 is 0. The normalized spacial score (nSPS) is 23.5. The number of ether oxygens (including phenoxy) is 2. The third kappa shape index (κ3) is 13.6. The minimum Gasteiger partial charge on any atom is -0.379 e. The molecule has 0 radical (unpaired) electrons. The third-order valence-corrected chi connectivity index (χ3v) is 15.2. The summed E-state index contributed by atoms with van der Waals surface area (Å²) in [5.41, 5.74) is 19.2. The van der Waals surface area contributed by atoms with Gasteiger partial charge >= 0.3 is 0 Å². The molecule has 0 aromatic heterocycles. The lowest BCUT2D eigenvalue weighted by Gasteiger charge is -2.42. The van der Waals surface area contributed by atoms with E-state index in [1.807, 2.05) is 13.0 Å². The van der Waals surface area contributed by atoms with Crippen molar-refractivity contribution >= 4 is 0 Å². The molecule has 3 N–H and O–H groups in total. The minimum atomic E-state index is 0.652. The molecule has 12 rings (SSSR count). The summed E-state index contributed by atoms with van der Waals surface area (Å²) in [6.07, 6.45) is 10.3. The lowest BCUT2D eigenvalue weighted by Crippen LogP contribution is -2.46. The van der Waals surface area contributed by atoms with Gasteiger partial charge in [-0.3, -0.25) is 19.6 Å². The molecule has 8 aliphatic rings. The van der Waals surface area contributed by atoms with Gasteiger partial charge in [-0.15, -0.1) is 0 Å². The Morgan fingerprint density at radius 2 is 1.11 bits per heavy atom. The molecule has 9 nitrogen and oxygen atoms in total. The average Bonchev–Trinajstić information content (AvgIpc) is 3.30. The van der Waals surface area contributed by atoms with Gasteiger partial charge < -0.3 is 20.5 Å². The van der Waals surface area contributed by atoms with Crippen molar-refractivity contribution in [3.63, 3.8) is 0 Å². The zero-order valence-corrected chi connectivity index (χ0v) is 39.7. The smallest absolute Gasteiger partial charge is 0.0994 e. The molecule has 6 aliphatic heterocycles. The zero-order chi connectivity index (χ0) is 44.8. The largest absolute Gasteiger partial charge is 0.379 e. The van der Waals surface area contributed by atoms with Crippen LogP contribution in [0.25, 0.3) is 0 Å².